The first-order valence-electron chi connectivity index (χ1n) is 6.41. The van der Waals surface area contributed by atoms with Gasteiger partial charge >= 0.3 is 0 Å². The Balaban J connectivity index is 2.75. The molecule has 0 aliphatic heterocycles. The fourth-order valence-electron chi connectivity index (χ4n) is 1.60. The molecule has 5 heteroatoms. The highest BCUT2D eigenvalue weighted by Crippen LogP contribution is 2.12. The smallest absolute Gasteiger partial charge is 0.238 e. The summed E-state index contributed by atoms with van der Waals surface area (Å²) < 4.78 is 24.3. The molecule has 106 valence electrons. The molecule has 1 N–H and O–H groups in total. The largest absolute Gasteiger partial charge is 0.355 e. The molecule has 0 bridgehead atoms. The molecule has 1 amide bonds. The van der Waals surface area contributed by atoms with Gasteiger partial charge in [0, 0.05) is 6.54 Å². The van der Waals surface area contributed by atoms with E-state index in [2.05, 4.69) is 5.32 Å². The lowest BCUT2D eigenvalue weighted by Gasteiger charge is -2.13. The van der Waals surface area contributed by atoms with Gasteiger partial charge in [-0.3, -0.25) is 4.79 Å². The average molecular weight is 283 g/mol. The van der Waals surface area contributed by atoms with Crippen molar-refractivity contribution in [3.63, 3.8) is 0 Å². The van der Waals surface area contributed by atoms with Crippen molar-refractivity contribution in [3.8, 4) is 0 Å². The van der Waals surface area contributed by atoms with Gasteiger partial charge in [-0.25, -0.2) is 8.42 Å². The van der Waals surface area contributed by atoms with E-state index in [-0.39, 0.29) is 5.75 Å². The minimum atomic E-state index is -3.47. The molecule has 0 radical (unpaired) electrons. The second-order valence-corrected chi connectivity index (χ2v) is 7.05. The third-order valence-electron chi connectivity index (χ3n) is 2.95. The number of amides is 1. The first-order valence-corrected chi connectivity index (χ1v) is 8.13. The summed E-state index contributed by atoms with van der Waals surface area (Å²) in [6.07, 6.45) is 0.788. The molecule has 1 atom stereocenters. The molecule has 4 nitrogen and oxygen atoms in total. The predicted molar refractivity (Wildman–Crippen MR) is 76.6 cm³/mol. The normalized spacial score (nSPS) is 13.0. The third-order valence-corrected chi connectivity index (χ3v) is 4.97. The zero-order valence-electron chi connectivity index (χ0n) is 11.6. The van der Waals surface area contributed by atoms with Crippen molar-refractivity contribution in [1.29, 1.82) is 0 Å². The molecule has 0 fully saturated rings. The molecular weight excluding hydrogens is 262 g/mol. The van der Waals surface area contributed by atoms with Gasteiger partial charge in [-0.1, -0.05) is 36.8 Å². The van der Waals surface area contributed by atoms with E-state index >= 15 is 0 Å². The van der Waals surface area contributed by atoms with Gasteiger partial charge in [0.2, 0.25) is 5.91 Å². The van der Waals surface area contributed by atoms with E-state index < -0.39 is 21.0 Å². The molecule has 0 aliphatic carbocycles. The number of rotatable bonds is 6. The number of nitrogens with one attached hydrogen (secondary N) is 1. The van der Waals surface area contributed by atoms with Crippen LogP contribution in [0.3, 0.4) is 0 Å². The minimum Gasteiger partial charge on any atom is -0.355 e. The van der Waals surface area contributed by atoms with Crippen molar-refractivity contribution in [2.24, 2.45) is 0 Å². The average Bonchev–Trinajstić information content (AvgIpc) is 2.37. The fraction of sp³-hybridized carbons (Fsp3) is 0.500. The van der Waals surface area contributed by atoms with Crippen LogP contribution < -0.4 is 5.32 Å². The first kappa shape index (κ1) is 15.7. The highest BCUT2D eigenvalue weighted by molar-refractivity contribution is 7.92. The lowest BCUT2D eigenvalue weighted by molar-refractivity contribution is -0.120. The molecule has 19 heavy (non-hydrogen) atoms. The lowest BCUT2D eigenvalue weighted by atomic mass is 10.2. The van der Waals surface area contributed by atoms with Gasteiger partial charge in [-0.2, -0.15) is 0 Å². The fourth-order valence-corrected chi connectivity index (χ4v) is 2.91. The summed E-state index contributed by atoms with van der Waals surface area (Å²) >= 11 is 0. The van der Waals surface area contributed by atoms with Crippen LogP contribution in [0.15, 0.2) is 24.3 Å². The van der Waals surface area contributed by atoms with Crippen LogP contribution in [0.2, 0.25) is 0 Å². The molecule has 1 unspecified atom stereocenters. The van der Waals surface area contributed by atoms with Gasteiger partial charge < -0.3 is 5.32 Å². The highest BCUT2D eigenvalue weighted by Gasteiger charge is 2.27. The lowest BCUT2D eigenvalue weighted by Crippen LogP contribution is -2.38. The Kier molecular flexibility index (Phi) is 5.54. The molecule has 1 aromatic rings. The predicted octanol–water partition coefficient (Wildman–Crippen LogP) is 1.82. The second kappa shape index (κ2) is 6.70. The van der Waals surface area contributed by atoms with E-state index in [1.54, 1.807) is 12.1 Å². The standard InChI is InChI=1S/C14H21NO3S/c1-4-9-15-14(16)12(3)19(17,18)10-13-7-5-11(2)6-8-13/h5-8,12H,4,9-10H2,1-3H3,(H,15,16). The highest BCUT2D eigenvalue weighted by atomic mass is 32.2. The summed E-state index contributed by atoms with van der Waals surface area (Å²) in [5.74, 6) is -0.525. The summed E-state index contributed by atoms with van der Waals surface area (Å²) in [5.41, 5.74) is 1.79. The minimum absolute atomic E-state index is 0.103. The molecule has 0 saturated carbocycles. The van der Waals surface area contributed by atoms with E-state index in [1.165, 1.54) is 6.92 Å². The molecule has 0 saturated heterocycles. The Morgan fingerprint density at radius 3 is 2.37 bits per heavy atom. The maximum Gasteiger partial charge on any atom is 0.238 e. The van der Waals surface area contributed by atoms with Crippen molar-refractivity contribution in [3.05, 3.63) is 35.4 Å². The van der Waals surface area contributed by atoms with Crippen molar-refractivity contribution in [1.82, 2.24) is 5.32 Å². The summed E-state index contributed by atoms with van der Waals surface area (Å²) in [6, 6.07) is 7.30. The van der Waals surface area contributed by atoms with Crippen LogP contribution in [0, 0.1) is 6.92 Å². The van der Waals surface area contributed by atoms with Crippen LogP contribution in [0.5, 0.6) is 0 Å². The van der Waals surface area contributed by atoms with Crippen molar-refractivity contribution < 1.29 is 13.2 Å². The van der Waals surface area contributed by atoms with Gasteiger partial charge in [0.15, 0.2) is 9.84 Å². The number of carbonyl (C=O) groups excluding carboxylic acids is 1. The Morgan fingerprint density at radius 2 is 1.84 bits per heavy atom. The van der Waals surface area contributed by atoms with Gasteiger partial charge in [-0.05, 0) is 25.8 Å². The van der Waals surface area contributed by atoms with Crippen molar-refractivity contribution >= 4 is 15.7 Å². The van der Waals surface area contributed by atoms with E-state index in [0.717, 1.165) is 12.0 Å². The molecular formula is C14H21NO3S. The van der Waals surface area contributed by atoms with E-state index in [1.807, 2.05) is 26.0 Å². The van der Waals surface area contributed by atoms with Crippen LogP contribution in [0.25, 0.3) is 0 Å². The quantitative estimate of drug-likeness (QED) is 0.866. The van der Waals surface area contributed by atoms with Gasteiger partial charge in [0.25, 0.3) is 0 Å². The van der Waals surface area contributed by atoms with Gasteiger partial charge in [-0.15, -0.1) is 0 Å². The Labute approximate surface area is 115 Å². The summed E-state index contributed by atoms with van der Waals surface area (Å²) in [5, 5.41) is 1.60. The molecule has 0 aromatic heterocycles. The molecule has 0 heterocycles. The van der Waals surface area contributed by atoms with Crippen LogP contribution in [-0.2, 0) is 20.4 Å². The summed E-state index contributed by atoms with van der Waals surface area (Å²) in [4.78, 5) is 11.7. The van der Waals surface area contributed by atoms with Crippen LogP contribution in [0.4, 0.5) is 0 Å². The zero-order valence-corrected chi connectivity index (χ0v) is 12.5. The summed E-state index contributed by atoms with van der Waals surface area (Å²) in [7, 11) is -3.47. The van der Waals surface area contributed by atoms with E-state index in [9.17, 15) is 13.2 Å². The SMILES string of the molecule is CCCNC(=O)C(C)S(=O)(=O)Cc1ccc(C)cc1. The van der Waals surface area contributed by atoms with Gasteiger partial charge in [0.05, 0.1) is 5.75 Å². The number of hydrogen-bond acceptors (Lipinski definition) is 3. The number of aryl methyl sites for hydroxylation is 1. The number of sulfone groups is 1. The third kappa shape index (κ3) is 4.67. The molecule has 1 aromatic carbocycles. The zero-order chi connectivity index (χ0) is 14.5. The maximum atomic E-state index is 12.1. The van der Waals surface area contributed by atoms with E-state index in [4.69, 9.17) is 0 Å². The molecule has 0 aliphatic rings. The van der Waals surface area contributed by atoms with Crippen LogP contribution in [-0.4, -0.2) is 26.1 Å². The van der Waals surface area contributed by atoms with Crippen molar-refractivity contribution in [2.75, 3.05) is 6.54 Å². The first-order chi connectivity index (χ1) is 8.86. The Hall–Kier alpha value is -1.36. The Morgan fingerprint density at radius 1 is 1.26 bits per heavy atom. The van der Waals surface area contributed by atoms with Crippen LogP contribution >= 0.6 is 0 Å². The maximum absolute atomic E-state index is 12.1. The monoisotopic (exact) mass is 283 g/mol. The Bertz CT molecular complexity index is 520. The topological polar surface area (TPSA) is 63.2 Å². The van der Waals surface area contributed by atoms with Crippen LogP contribution in [0.1, 0.15) is 31.4 Å². The number of carbonyl (C=O) groups is 1. The van der Waals surface area contributed by atoms with E-state index in [0.29, 0.717) is 12.1 Å². The van der Waals surface area contributed by atoms with Gasteiger partial charge in [0.1, 0.15) is 5.25 Å². The number of benzene rings is 1. The van der Waals surface area contributed by atoms with Crippen molar-refractivity contribution in [2.45, 2.75) is 38.2 Å². The molecule has 1 rings (SSSR count). The second-order valence-electron chi connectivity index (χ2n) is 4.73. The number of hydrogen-bond donors (Lipinski definition) is 1. The summed E-state index contributed by atoms with van der Waals surface area (Å²) in [6.45, 7) is 5.81. The molecule has 0 spiro atoms.